The summed E-state index contributed by atoms with van der Waals surface area (Å²) in [5, 5.41) is 5.36. The summed E-state index contributed by atoms with van der Waals surface area (Å²) >= 11 is 6.31. The molecule has 1 aromatic heterocycles. The van der Waals surface area contributed by atoms with E-state index < -0.39 is 0 Å². The molecule has 0 saturated carbocycles. The van der Waals surface area contributed by atoms with Crippen LogP contribution in [0.15, 0.2) is 12.1 Å². The minimum absolute atomic E-state index is 0.790. The number of ether oxygens (including phenoxy) is 1. The molecule has 0 bridgehead atoms. The molecule has 1 aromatic carbocycles. The molecule has 0 saturated heterocycles. The number of halogens is 1. The zero-order valence-electron chi connectivity index (χ0n) is 10.0. The van der Waals surface area contributed by atoms with Gasteiger partial charge in [0, 0.05) is 24.7 Å². The van der Waals surface area contributed by atoms with E-state index in [9.17, 15) is 0 Å². The second-order valence-corrected chi connectivity index (χ2v) is 4.79. The van der Waals surface area contributed by atoms with E-state index in [1.807, 2.05) is 12.1 Å². The van der Waals surface area contributed by atoms with Crippen molar-refractivity contribution in [3.8, 4) is 5.75 Å². The molecule has 90 valence electrons. The van der Waals surface area contributed by atoms with Crippen LogP contribution < -0.4 is 10.1 Å². The summed E-state index contributed by atoms with van der Waals surface area (Å²) in [6, 6.07) is 3.86. The molecule has 0 amide bonds. The molecule has 1 aliphatic rings. The molecule has 0 fully saturated rings. The number of nitrogens with one attached hydrogen (secondary N) is 1. The van der Waals surface area contributed by atoms with E-state index in [0.29, 0.717) is 0 Å². The van der Waals surface area contributed by atoms with Gasteiger partial charge in [0.2, 0.25) is 0 Å². The van der Waals surface area contributed by atoms with E-state index in [4.69, 9.17) is 16.3 Å². The van der Waals surface area contributed by atoms with E-state index >= 15 is 0 Å². The maximum Gasteiger partial charge on any atom is 0.128 e. The van der Waals surface area contributed by atoms with E-state index in [2.05, 4.69) is 16.9 Å². The van der Waals surface area contributed by atoms with Gasteiger partial charge in [0.1, 0.15) is 5.75 Å². The van der Waals surface area contributed by atoms with E-state index in [1.54, 1.807) is 7.11 Å². The number of aryl methyl sites for hydroxylation is 1. The largest absolute Gasteiger partial charge is 0.496 e. The molecule has 0 spiro atoms. The minimum Gasteiger partial charge on any atom is -0.496 e. The third-order valence-electron chi connectivity index (χ3n) is 3.55. The average molecular weight is 251 g/mol. The Morgan fingerprint density at radius 3 is 3.00 bits per heavy atom. The third kappa shape index (κ3) is 1.46. The van der Waals surface area contributed by atoms with Crippen LogP contribution in [0.3, 0.4) is 0 Å². The first-order chi connectivity index (χ1) is 8.24. The lowest BCUT2D eigenvalue weighted by molar-refractivity contribution is 0.419. The molecule has 0 radical (unpaired) electrons. The highest BCUT2D eigenvalue weighted by molar-refractivity contribution is 6.35. The van der Waals surface area contributed by atoms with Gasteiger partial charge >= 0.3 is 0 Å². The quantitative estimate of drug-likeness (QED) is 0.842. The number of benzene rings is 1. The van der Waals surface area contributed by atoms with Gasteiger partial charge in [-0.25, -0.2) is 0 Å². The van der Waals surface area contributed by atoms with Crippen molar-refractivity contribution in [3.63, 3.8) is 0 Å². The molecule has 2 heterocycles. The second kappa shape index (κ2) is 3.93. The van der Waals surface area contributed by atoms with Gasteiger partial charge in [-0.05, 0) is 30.7 Å². The van der Waals surface area contributed by atoms with Crippen LogP contribution in [0.25, 0.3) is 10.9 Å². The van der Waals surface area contributed by atoms with Crippen molar-refractivity contribution in [1.82, 2.24) is 9.88 Å². The van der Waals surface area contributed by atoms with E-state index in [0.717, 1.165) is 35.8 Å². The molecule has 3 rings (SSSR count). The molecule has 1 N–H and O–H groups in total. The fourth-order valence-corrected chi connectivity index (χ4v) is 3.02. The van der Waals surface area contributed by atoms with Crippen LogP contribution in [0, 0.1) is 0 Å². The van der Waals surface area contributed by atoms with Crippen molar-refractivity contribution in [2.45, 2.75) is 13.0 Å². The highest BCUT2D eigenvalue weighted by Crippen LogP contribution is 2.38. The summed E-state index contributed by atoms with van der Waals surface area (Å²) in [6.07, 6.45) is 1.03. The molecule has 0 aliphatic carbocycles. The van der Waals surface area contributed by atoms with Crippen LogP contribution in [-0.4, -0.2) is 18.2 Å². The fraction of sp³-hybridized carbons (Fsp3) is 0.385. The third-order valence-corrected chi connectivity index (χ3v) is 3.85. The van der Waals surface area contributed by atoms with Crippen LogP contribution >= 0.6 is 11.6 Å². The lowest BCUT2D eigenvalue weighted by Crippen LogP contribution is -2.24. The van der Waals surface area contributed by atoms with Crippen LogP contribution in [0.1, 0.15) is 11.3 Å². The normalized spacial score (nSPS) is 15.0. The lowest BCUT2D eigenvalue weighted by atomic mass is 10.0. The molecule has 4 heteroatoms. The highest BCUT2D eigenvalue weighted by atomic mass is 35.5. The first kappa shape index (κ1) is 10.9. The molecule has 0 unspecified atom stereocenters. The van der Waals surface area contributed by atoms with Gasteiger partial charge in [0.05, 0.1) is 17.6 Å². The SMILES string of the molecule is COc1ccc(Cl)c2c1c1c(n2C)CNCC1. The Hall–Kier alpha value is -1.19. The number of hydrogen-bond acceptors (Lipinski definition) is 2. The summed E-state index contributed by atoms with van der Waals surface area (Å²) in [5.41, 5.74) is 3.78. The van der Waals surface area contributed by atoms with Crippen LogP contribution in [0.4, 0.5) is 0 Å². The molecule has 3 nitrogen and oxygen atoms in total. The van der Waals surface area contributed by atoms with Crippen molar-refractivity contribution >= 4 is 22.5 Å². The zero-order chi connectivity index (χ0) is 12.0. The molecule has 2 aromatic rings. The van der Waals surface area contributed by atoms with Crippen molar-refractivity contribution < 1.29 is 4.74 Å². The number of rotatable bonds is 1. The summed E-state index contributed by atoms with van der Waals surface area (Å²) in [6.45, 7) is 1.92. The molecular weight excluding hydrogens is 236 g/mol. The smallest absolute Gasteiger partial charge is 0.128 e. The van der Waals surface area contributed by atoms with Gasteiger partial charge in [-0.3, -0.25) is 0 Å². The first-order valence-corrected chi connectivity index (χ1v) is 6.15. The molecule has 1 aliphatic heterocycles. The molecular formula is C13H15ClN2O. The van der Waals surface area contributed by atoms with Gasteiger partial charge in [0.25, 0.3) is 0 Å². The Bertz CT molecular complexity index is 589. The second-order valence-electron chi connectivity index (χ2n) is 4.38. The Kier molecular flexibility index (Phi) is 2.53. The highest BCUT2D eigenvalue weighted by Gasteiger charge is 2.22. The maximum absolute atomic E-state index is 6.31. The lowest BCUT2D eigenvalue weighted by Gasteiger charge is -2.15. The summed E-state index contributed by atoms with van der Waals surface area (Å²) in [4.78, 5) is 0. The van der Waals surface area contributed by atoms with Gasteiger partial charge in [0.15, 0.2) is 0 Å². The zero-order valence-corrected chi connectivity index (χ0v) is 10.8. The number of hydrogen-bond donors (Lipinski definition) is 1. The first-order valence-electron chi connectivity index (χ1n) is 5.77. The van der Waals surface area contributed by atoms with Crippen LogP contribution in [-0.2, 0) is 20.0 Å². The number of aromatic nitrogens is 1. The number of methoxy groups -OCH3 is 1. The van der Waals surface area contributed by atoms with Crippen molar-refractivity contribution in [1.29, 1.82) is 0 Å². The van der Waals surface area contributed by atoms with Crippen molar-refractivity contribution in [3.05, 3.63) is 28.4 Å². The van der Waals surface area contributed by atoms with Gasteiger partial charge < -0.3 is 14.6 Å². The molecule has 0 atom stereocenters. The summed E-state index contributed by atoms with van der Waals surface area (Å²) in [7, 11) is 3.78. The predicted octanol–water partition coefficient (Wildman–Crippen LogP) is 2.49. The summed E-state index contributed by atoms with van der Waals surface area (Å²) in [5.74, 6) is 0.920. The Morgan fingerprint density at radius 2 is 2.24 bits per heavy atom. The topological polar surface area (TPSA) is 26.2 Å². The number of fused-ring (bicyclic) bond motifs is 3. The standard InChI is InChI=1S/C13H15ClN2O/c1-16-10-7-15-6-5-8(10)12-11(17-2)4-3-9(14)13(12)16/h3-4,15H,5-7H2,1-2H3. The monoisotopic (exact) mass is 250 g/mol. The van der Waals surface area contributed by atoms with Gasteiger partial charge in [-0.1, -0.05) is 11.6 Å². The fourth-order valence-electron chi connectivity index (χ4n) is 2.73. The van der Waals surface area contributed by atoms with E-state index in [1.165, 1.54) is 16.6 Å². The van der Waals surface area contributed by atoms with E-state index in [-0.39, 0.29) is 0 Å². The summed E-state index contributed by atoms with van der Waals surface area (Å²) < 4.78 is 7.65. The van der Waals surface area contributed by atoms with Crippen molar-refractivity contribution in [2.24, 2.45) is 7.05 Å². The molecule has 17 heavy (non-hydrogen) atoms. The van der Waals surface area contributed by atoms with Crippen LogP contribution in [0.5, 0.6) is 5.75 Å². The Balaban J connectivity index is 2.45. The predicted molar refractivity (Wildman–Crippen MR) is 69.9 cm³/mol. The maximum atomic E-state index is 6.31. The average Bonchev–Trinajstić information content (AvgIpc) is 2.66. The van der Waals surface area contributed by atoms with Gasteiger partial charge in [-0.2, -0.15) is 0 Å². The van der Waals surface area contributed by atoms with Crippen LogP contribution in [0.2, 0.25) is 5.02 Å². The van der Waals surface area contributed by atoms with Gasteiger partial charge in [-0.15, -0.1) is 0 Å². The van der Waals surface area contributed by atoms with Crippen molar-refractivity contribution in [2.75, 3.05) is 13.7 Å². The Morgan fingerprint density at radius 1 is 1.41 bits per heavy atom. The minimum atomic E-state index is 0.790. The number of nitrogens with zero attached hydrogens (tertiary/aromatic N) is 1. The Labute approximate surface area is 105 Å².